The Bertz CT molecular complexity index is 1610. The van der Waals surface area contributed by atoms with Crippen molar-refractivity contribution in [1.82, 2.24) is 4.57 Å². The molecule has 0 spiro atoms. The van der Waals surface area contributed by atoms with E-state index in [4.69, 9.17) is 4.74 Å². The number of nitrogens with zero attached hydrogens (tertiary/aromatic N) is 3. The Labute approximate surface area is 221 Å². The largest absolute Gasteiger partial charge is 0.383 e. The van der Waals surface area contributed by atoms with Crippen molar-refractivity contribution in [3.8, 4) is 0 Å². The summed E-state index contributed by atoms with van der Waals surface area (Å²) in [5.41, 5.74) is 3.03. The zero-order valence-electron chi connectivity index (χ0n) is 19.6. The number of hydrogen-bond acceptors (Lipinski definition) is 5. The Kier molecular flexibility index (Phi) is 7.11. The van der Waals surface area contributed by atoms with Gasteiger partial charge in [0.05, 0.1) is 27.4 Å². The summed E-state index contributed by atoms with van der Waals surface area (Å²) < 4.78 is 37.4. The fourth-order valence-corrected chi connectivity index (χ4v) is 7.48. The lowest BCUT2D eigenvalue weighted by Gasteiger charge is -2.30. The van der Waals surface area contributed by atoms with Gasteiger partial charge >= 0.3 is 0 Å². The number of aryl methyl sites for hydroxylation is 1. The van der Waals surface area contributed by atoms with E-state index < -0.39 is 15.9 Å². The Hall–Kier alpha value is -2.79. The maximum Gasteiger partial charge on any atom is 0.279 e. The van der Waals surface area contributed by atoms with Crippen LogP contribution in [0.3, 0.4) is 0 Å². The minimum Gasteiger partial charge on any atom is -0.383 e. The molecule has 1 aliphatic rings. The molecule has 0 radical (unpaired) electrons. The summed E-state index contributed by atoms with van der Waals surface area (Å²) in [6.07, 6.45) is 1.62. The highest BCUT2D eigenvalue weighted by Gasteiger charge is 2.29. The van der Waals surface area contributed by atoms with Crippen molar-refractivity contribution < 1.29 is 17.9 Å². The number of methoxy groups -OCH3 is 1. The lowest BCUT2D eigenvalue weighted by molar-refractivity contribution is 0.0997. The highest BCUT2D eigenvalue weighted by Crippen LogP contribution is 2.32. The van der Waals surface area contributed by atoms with Crippen LogP contribution in [-0.2, 0) is 27.7 Å². The quantitative estimate of drug-likeness (QED) is 0.319. The van der Waals surface area contributed by atoms with Crippen molar-refractivity contribution in [3.05, 3.63) is 87.1 Å². The second-order valence-electron chi connectivity index (χ2n) is 8.39. The molecule has 186 valence electrons. The summed E-state index contributed by atoms with van der Waals surface area (Å²) in [4.78, 5) is 18.1. The number of aromatic nitrogens is 1. The van der Waals surface area contributed by atoms with Crippen molar-refractivity contribution >= 4 is 59.1 Å². The van der Waals surface area contributed by atoms with Gasteiger partial charge in [-0.1, -0.05) is 45.5 Å². The number of ether oxygens (including phenoxy) is 1. The highest BCUT2D eigenvalue weighted by molar-refractivity contribution is 9.10. The molecule has 0 N–H and O–H groups in total. The van der Waals surface area contributed by atoms with E-state index in [1.54, 1.807) is 7.11 Å². The van der Waals surface area contributed by atoms with E-state index >= 15 is 0 Å². The summed E-state index contributed by atoms with van der Waals surface area (Å²) in [5.74, 6) is -0.431. The van der Waals surface area contributed by atoms with Crippen LogP contribution >= 0.6 is 27.3 Å². The van der Waals surface area contributed by atoms with Gasteiger partial charge in [-0.3, -0.25) is 9.10 Å². The summed E-state index contributed by atoms with van der Waals surface area (Å²) in [7, 11) is -2.11. The van der Waals surface area contributed by atoms with E-state index in [9.17, 15) is 13.2 Å². The van der Waals surface area contributed by atoms with Crippen LogP contribution in [0.15, 0.2) is 81.1 Å². The topological polar surface area (TPSA) is 81.0 Å². The predicted molar refractivity (Wildman–Crippen MR) is 145 cm³/mol. The van der Waals surface area contributed by atoms with E-state index in [0.717, 1.165) is 38.8 Å². The van der Waals surface area contributed by atoms with Crippen LogP contribution in [0.5, 0.6) is 0 Å². The molecule has 3 aromatic carbocycles. The fraction of sp³-hybridized carbons (Fsp3) is 0.231. The van der Waals surface area contributed by atoms with E-state index in [1.807, 2.05) is 47.0 Å². The number of thiazole rings is 1. The third-order valence-corrected chi connectivity index (χ3v) is 9.48. The van der Waals surface area contributed by atoms with Gasteiger partial charge in [0.1, 0.15) is 0 Å². The second-order valence-corrected chi connectivity index (χ2v) is 12.2. The van der Waals surface area contributed by atoms with Crippen LogP contribution in [0.4, 0.5) is 5.69 Å². The first-order chi connectivity index (χ1) is 17.4. The van der Waals surface area contributed by atoms with Crippen LogP contribution in [0.25, 0.3) is 10.2 Å². The molecule has 0 fully saturated rings. The molecule has 0 saturated heterocycles. The Morgan fingerprint density at radius 1 is 1.11 bits per heavy atom. The van der Waals surface area contributed by atoms with Crippen molar-refractivity contribution in [3.63, 3.8) is 0 Å². The number of amides is 1. The minimum atomic E-state index is -3.74. The summed E-state index contributed by atoms with van der Waals surface area (Å²) in [5, 5.41) is 0. The van der Waals surface area contributed by atoms with Crippen LogP contribution in [-0.4, -0.2) is 39.2 Å². The van der Waals surface area contributed by atoms with E-state index in [2.05, 4.69) is 20.9 Å². The lowest BCUT2D eigenvalue weighted by atomic mass is 10.0. The summed E-state index contributed by atoms with van der Waals surface area (Å²) in [6.45, 7) is 1.47. The molecule has 1 aromatic heterocycles. The zero-order valence-corrected chi connectivity index (χ0v) is 22.8. The van der Waals surface area contributed by atoms with E-state index in [0.29, 0.717) is 30.1 Å². The third kappa shape index (κ3) is 4.78. The molecule has 36 heavy (non-hydrogen) atoms. The number of benzene rings is 3. The monoisotopic (exact) mass is 585 g/mol. The first-order valence-electron chi connectivity index (χ1n) is 11.5. The van der Waals surface area contributed by atoms with Crippen LogP contribution in [0.1, 0.15) is 22.3 Å². The highest BCUT2D eigenvalue weighted by atomic mass is 79.9. The van der Waals surface area contributed by atoms with Crippen molar-refractivity contribution in [1.29, 1.82) is 0 Å². The molecular weight excluding hydrogens is 562 g/mol. The zero-order chi connectivity index (χ0) is 25.3. The number of halogens is 1. The smallest absolute Gasteiger partial charge is 0.279 e. The molecule has 2 heterocycles. The van der Waals surface area contributed by atoms with Crippen molar-refractivity contribution in [2.24, 2.45) is 4.99 Å². The lowest BCUT2D eigenvalue weighted by Crippen LogP contribution is -2.35. The Balaban J connectivity index is 1.46. The van der Waals surface area contributed by atoms with Gasteiger partial charge in [0.2, 0.25) is 0 Å². The Morgan fingerprint density at radius 2 is 1.89 bits per heavy atom. The first kappa shape index (κ1) is 24.9. The number of carbonyl (C=O) groups excluding carboxylic acids is 1. The molecule has 0 saturated carbocycles. The number of para-hydroxylation sites is 1. The number of anilines is 1. The number of carbonyl (C=O) groups is 1. The first-order valence-corrected chi connectivity index (χ1v) is 14.5. The Morgan fingerprint density at radius 3 is 2.67 bits per heavy atom. The van der Waals surface area contributed by atoms with Crippen LogP contribution in [0.2, 0.25) is 0 Å². The number of sulfonamides is 1. The molecule has 7 nitrogen and oxygen atoms in total. The van der Waals surface area contributed by atoms with Crippen molar-refractivity contribution in [2.45, 2.75) is 24.3 Å². The van der Waals surface area contributed by atoms with Gasteiger partial charge in [-0.25, -0.2) is 8.42 Å². The summed E-state index contributed by atoms with van der Waals surface area (Å²) >= 11 is 4.91. The normalized spacial score (nSPS) is 14.3. The van der Waals surface area contributed by atoms with Gasteiger partial charge in [0.15, 0.2) is 4.80 Å². The molecule has 5 rings (SSSR count). The van der Waals surface area contributed by atoms with Gasteiger partial charge in [-0.2, -0.15) is 4.99 Å². The maximum atomic E-state index is 13.4. The van der Waals surface area contributed by atoms with E-state index in [-0.39, 0.29) is 4.90 Å². The molecule has 10 heteroatoms. The molecule has 0 atom stereocenters. The standard InChI is InChI=1S/C26H24BrN3O4S2/c1-34-16-15-29-23-13-10-20(27)17-24(23)35-26(29)28-25(31)19-8-11-21(12-9-19)36(32,33)30-14-4-6-18-5-2-3-7-22(18)30/h2-3,5,7-13,17H,4,6,14-16H2,1H3. The molecule has 0 aliphatic carbocycles. The van der Waals surface area contributed by atoms with Gasteiger partial charge in [0, 0.05) is 30.2 Å². The molecule has 1 aliphatic heterocycles. The predicted octanol–water partition coefficient (Wildman–Crippen LogP) is 4.99. The molecule has 0 bridgehead atoms. The minimum absolute atomic E-state index is 0.151. The number of fused-ring (bicyclic) bond motifs is 2. The van der Waals surface area contributed by atoms with E-state index in [1.165, 1.54) is 39.9 Å². The summed E-state index contributed by atoms with van der Waals surface area (Å²) in [6, 6.07) is 19.5. The molecule has 0 unspecified atom stereocenters. The number of hydrogen-bond donors (Lipinski definition) is 0. The van der Waals surface area contributed by atoms with Gasteiger partial charge in [0.25, 0.3) is 15.9 Å². The van der Waals surface area contributed by atoms with Gasteiger partial charge < -0.3 is 9.30 Å². The maximum absolute atomic E-state index is 13.4. The second kappa shape index (κ2) is 10.3. The van der Waals surface area contributed by atoms with Crippen LogP contribution in [0, 0.1) is 0 Å². The third-order valence-electron chi connectivity index (χ3n) is 6.12. The van der Waals surface area contributed by atoms with Crippen LogP contribution < -0.4 is 9.11 Å². The van der Waals surface area contributed by atoms with Gasteiger partial charge in [-0.05, 0) is 66.9 Å². The number of rotatable bonds is 6. The fourth-order valence-electron chi connectivity index (χ4n) is 4.33. The molecule has 1 amide bonds. The molecule has 4 aromatic rings. The molecular formula is C26H24BrN3O4S2. The average molecular weight is 587 g/mol. The SMILES string of the molecule is COCCn1c(=NC(=O)c2ccc(S(=O)(=O)N3CCCc4ccccc43)cc2)sc2cc(Br)ccc21. The van der Waals surface area contributed by atoms with Gasteiger partial charge in [-0.15, -0.1) is 0 Å². The van der Waals surface area contributed by atoms with Crippen molar-refractivity contribution in [2.75, 3.05) is 24.6 Å². The average Bonchev–Trinajstić information content (AvgIpc) is 3.22.